The molecule has 1 heterocycles. The molecule has 1 aliphatic heterocycles. The van der Waals surface area contributed by atoms with Gasteiger partial charge in [0.1, 0.15) is 6.34 Å². The van der Waals surface area contributed by atoms with E-state index in [4.69, 9.17) is 4.74 Å². The normalized spacial score (nSPS) is 25.1. The van der Waals surface area contributed by atoms with Gasteiger partial charge in [-0.3, -0.25) is 10.4 Å². The molecule has 0 fully saturated rings. The van der Waals surface area contributed by atoms with Crippen molar-refractivity contribution in [2.75, 3.05) is 19.8 Å². The summed E-state index contributed by atoms with van der Waals surface area (Å²) in [4.78, 5) is 3.96. The van der Waals surface area contributed by atoms with Crippen LogP contribution in [0.2, 0.25) is 0 Å². The maximum atomic E-state index is 5.18. The molecular weight excluding hydrogens is 130 g/mol. The standard InChI is InChI=1S/C6H11N3O/c1-6-4-10-3-2-7-5-8-9-6/h5H,2-4H2,1H3,(H,7,8)/b9-6+. The van der Waals surface area contributed by atoms with E-state index in [2.05, 4.69) is 15.5 Å². The molecule has 0 unspecified atom stereocenters. The molecule has 0 spiro atoms. The fourth-order valence-electron chi connectivity index (χ4n) is 0.614. The third-order valence-electron chi connectivity index (χ3n) is 1.08. The van der Waals surface area contributed by atoms with E-state index in [9.17, 15) is 0 Å². The molecule has 4 heteroatoms. The topological polar surface area (TPSA) is 46.0 Å². The Morgan fingerprint density at radius 3 is 3.50 bits per heavy atom. The number of ether oxygens (including phenoxy) is 1. The Labute approximate surface area is 60.0 Å². The number of nitrogens with one attached hydrogen (secondary N) is 1. The minimum absolute atomic E-state index is 0.594. The lowest BCUT2D eigenvalue weighted by atomic mass is 10.5. The summed E-state index contributed by atoms with van der Waals surface area (Å²) in [7, 11) is 0. The summed E-state index contributed by atoms with van der Waals surface area (Å²) in [6.07, 6.45) is 1.58. The van der Waals surface area contributed by atoms with Gasteiger partial charge in [-0.2, -0.15) is 5.10 Å². The molecule has 10 heavy (non-hydrogen) atoms. The zero-order valence-corrected chi connectivity index (χ0v) is 6.00. The van der Waals surface area contributed by atoms with Crippen LogP contribution in [0.1, 0.15) is 6.92 Å². The van der Waals surface area contributed by atoms with Gasteiger partial charge in [-0.25, -0.2) is 0 Å². The predicted molar refractivity (Wildman–Crippen MR) is 40.4 cm³/mol. The third-order valence-corrected chi connectivity index (χ3v) is 1.08. The molecule has 0 aromatic heterocycles. The van der Waals surface area contributed by atoms with Crippen LogP contribution in [0.5, 0.6) is 0 Å². The quantitative estimate of drug-likeness (QED) is 0.516. The van der Waals surface area contributed by atoms with Crippen molar-refractivity contribution in [3.8, 4) is 0 Å². The summed E-state index contributed by atoms with van der Waals surface area (Å²) in [5.41, 5.74) is 3.63. The van der Waals surface area contributed by atoms with Crippen LogP contribution in [0, 0.1) is 0 Å². The highest BCUT2D eigenvalue weighted by atomic mass is 16.5. The van der Waals surface area contributed by atoms with Gasteiger partial charge in [-0.1, -0.05) is 0 Å². The molecule has 4 nitrogen and oxygen atoms in total. The summed E-state index contributed by atoms with van der Waals surface area (Å²) in [5.74, 6) is 0. The van der Waals surface area contributed by atoms with Crippen molar-refractivity contribution in [3.63, 3.8) is 0 Å². The van der Waals surface area contributed by atoms with Crippen LogP contribution in [-0.4, -0.2) is 31.8 Å². The molecule has 1 rings (SSSR count). The van der Waals surface area contributed by atoms with E-state index >= 15 is 0 Å². The summed E-state index contributed by atoms with van der Waals surface area (Å²) in [6.45, 7) is 3.88. The molecular formula is C6H11N3O. The van der Waals surface area contributed by atoms with Gasteiger partial charge in [0.25, 0.3) is 0 Å². The molecule has 1 aliphatic rings. The van der Waals surface area contributed by atoms with Gasteiger partial charge in [-0.15, -0.1) is 0 Å². The zero-order valence-electron chi connectivity index (χ0n) is 6.00. The highest BCUT2D eigenvalue weighted by Crippen LogP contribution is 1.82. The SMILES string of the molecule is C/C1=N\NC=NCCOC1. The number of rotatable bonds is 0. The van der Waals surface area contributed by atoms with E-state index in [1.807, 2.05) is 6.92 Å². The Hall–Kier alpha value is -0.900. The van der Waals surface area contributed by atoms with E-state index in [0.717, 1.165) is 5.71 Å². The van der Waals surface area contributed by atoms with Crippen molar-refractivity contribution in [2.45, 2.75) is 6.92 Å². The van der Waals surface area contributed by atoms with Crippen molar-refractivity contribution in [1.82, 2.24) is 5.43 Å². The Kier molecular flexibility index (Phi) is 2.89. The van der Waals surface area contributed by atoms with Gasteiger partial charge >= 0.3 is 0 Å². The summed E-state index contributed by atoms with van der Waals surface area (Å²) in [6, 6.07) is 0. The highest BCUT2D eigenvalue weighted by molar-refractivity contribution is 5.83. The number of aliphatic imine (C=N–C) groups is 1. The molecule has 0 aromatic carbocycles. The van der Waals surface area contributed by atoms with Crippen molar-refractivity contribution in [1.29, 1.82) is 0 Å². The van der Waals surface area contributed by atoms with Crippen LogP contribution in [-0.2, 0) is 4.74 Å². The van der Waals surface area contributed by atoms with Crippen molar-refractivity contribution in [3.05, 3.63) is 0 Å². The lowest BCUT2D eigenvalue weighted by molar-refractivity contribution is 0.180. The largest absolute Gasteiger partial charge is 0.374 e. The summed E-state index contributed by atoms with van der Waals surface area (Å²) in [5, 5.41) is 3.94. The van der Waals surface area contributed by atoms with Crippen LogP contribution >= 0.6 is 0 Å². The molecule has 0 aliphatic carbocycles. The first-order valence-corrected chi connectivity index (χ1v) is 3.24. The maximum Gasteiger partial charge on any atom is 0.103 e. The van der Waals surface area contributed by atoms with Crippen LogP contribution < -0.4 is 5.43 Å². The van der Waals surface area contributed by atoms with E-state index < -0.39 is 0 Å². The van der Waals surface area contributed by atoms with Crippen molar-refractivity contribution in [2.24, 2.45) is 10.1 Å². The minimum atomic E-state index is 0.594. The van der Waals surface area contributed by atoms with Crippen LogP contribution in [0.4, 0.5) is 0 Å². The Bertz CT molecular complexity index is 153. The van der Waals surface area contributed by atoms with E-state index in [1.165, 1.54) is 0 Å². The van der Waals surface area contributed by atoms with Gasteiger partial charge in [-0.05, 0) is 6.92 Å². The van der Waals surface area contributed by atoms with Gasteiger partial charge in [0.2, 0.25) is 0 Å². The lowest BCUT2D eigenvalue weighted by Crippen LogP contribution is -2.09. The average molecular weight is 141 g/mol. The molecule has 0 radical (unpaired) electrons. The molecule has 0 aromatic rings. The highest BCUT2D eigenvalue weighted by Gasteiger charge is 1.92. The second-order valence-corrected chi connectivity index (χ2v) is 2.06. The molecule has 0 saturated heterocycles. The molecule has 0 bridgehead atoms. The Morgan fingerprint density at radius 2 is 2.60 bits per heavy atom. The maximum absolute atomic E-state index is 5.18. The van der Waals surface area contributed by atoms with Crippen molar-refractivity contribution < 1.29 is 4.74 Å². The zero-order chi connectivity index (χ0) is 7.23. The average Bonchev–Trinajstić information content (AvgIpc) is 2.02. The van der Waals surface area contributed by atoms with E-state index in [1.54, 1.807) is 6.34 Å². The number of hydrogen-bond acceptors (Lipinski definition) is 4. The van der Waals surface area contributed by atoms with Crippen molar-refractivity contribution >= 4 is 12.1 Å². The predicted octanol–water partition coefficient (Wildman–Crippen LogP) is 0.0104. The number of nitrogens with zero attached hydrogens (tertiary/aromatic N) is 2. The number of hydrogen-bond donors (Lipinski definition) is 1. The lowest BCUT2D eigenvalue weighted by Gasteiger charge is -1.98. The second kappa shape index (κ2) is 4.00. The van der Waals surface area contributed by atoms with Gasteiger partial charge in [0, 0.05) is 0 Å². The first-order chi connectivity index (χ1) is 4.89. The summed E-state index contributed by atoms with van der Waals surface area (Å²) >= 11 is 0. The fraction of sp³-hybridized carbons (Fsp3) is 0.667. The first kappa shape index (κ1) is 7.21. The second-order valence-electron chi connectivity index (χ2n) is 2.06. The Morgan fingerprint density at radius 1 is 1.70 bits per heavy atom. The van der Waals surface area contributed by atoms with E-state index in [-0.39, 0.29) is 0 Å². The van der Waals surface area contributed by atoms with Crippen LogP contribution in [0.3, 0.4) is 0 Å². The third kappa shape index (κ3) is 2.59. The smallest absolute Gasteiger partial charge is 0.103 e. The van der Waals surface area contributed by atoms with Crippen LogP contribution in [0.15, 0.2) is 10.1 Å². The van der Waals surface area contributed by atoms with Gasteiger partial charge in [0.15, 0.2) is 0 Å². The summed E-state index contributed by atoms with van der Waals surface area (Å²) < 4.78 is 5.18. The minimum Gasteiger partial charge on any atom is -0.374 e. The monoisotopic (exact) mass is 141 g/mol. The Balaban J connectivity index is 2.41. The molecule has 0 saturated carbocycles. The molecule has 0 atom stereocenters. The fourth-order valence-corrected chi connectivity index (χ4v) is 0.614. The molecule has 1 N–H and O–H groups in total. The van der Waals surface area contributed by atoms with Gasteiger partial charge in [0.05, 0.1) is 25.5 Å². The van der Waals surface area contributed by atoms with Crippen LogP contribution in [0.25, 0.3) is 0 Å². The van der Waals surface area contributed by atoms with E-state index in [0.29, 0.717) is 19.8 Å². The molecule has 0 amide bonds. The number of hydrazone groups is 1. The van der Waals surface area contributed by atoms with Gasteiger partial charge < -0.3 is 4.74 Å². The molecule has 56 valence electrons. The first-order valence-electron chi connectivity index (χ1n) is 3.24.